The average Bonchev–Trinajstić information content (AvgIpc) is 2.87. The van der Waals surface area contributed by atoms with E-state index in [1.54, 1.807) is 13.0 Å². The second kappa shape index (κ2) is 5.02. The van der Waals surface area contributed by atoms with Gasteiger partial charge in [-0.3, -0.25) is 0 Å². The van der Waals surface area contributed by atoms with Gasteiger partial charge in [-0.25, -0.2) is 8.42 Å². The highest BCUT2D eigenvalue weighted by molar-refractivity contribution is 7.89. The summed E-state index contributed by atoms with van der Waals surface area (Å²) < 4.78 is 27.1. The Morgan fingerprint density at radius 3 is 2.29 bits per heavy atom. The first-order chi connectivity index (χ1) is 9.89. The van der Waals surface area contributed by atoms with Crippen LogP contribution >= 0.6 is 11.6 Å². The minimum atomic E-state index is -3.58. The highest BCUT2D eigenvalue weighted by atomic mass is 35.5. The van der Waals surface area contributed by atoms with Crippen LogP contribution in [0.1, 0.15) is 16.7 Å². The molecule has 0 atom stereocenters. The van der Waals surface area contributed by atoms with Gasteiger partial charge < -0.3 is 5.73 Å². The second-order valence-electron chi connectivity index (χ2n) is 5.18. The summed E-state index contributed by atoms with van der Waals surface area (Å²) in [6.07, 6.45) is 0. The smallest absolute Gasteiger partial charge is 0.244 e. The van der Waals surface area contributed by atoms with Crippen LogP contribution in [0.3, 0.4) is 0 Å². The molecule has 3 rings (SSSR count). The summed E-state index contributed by atoms with van der Waals surface area (Å²) in [5.74, 6) is 0. The third kappa shape index (κ3) is 2.41. The molecule has 1 heterocycles. The SMILES string of the molecule is Cc1cc(Cl)c(N)cc1S(=O)(=O)N1Cc2ccccc2C1. The molecule has 2 N–H and O–H groups in total. The van der Waals surface area contributed by atoms with E-state index in [0.29, 0.717) is 23.7 Å². The van der Waals surface area contributed by atoms with Crippen molar-refractivity contribution in [2.75, 3.05) is 5.73 Å². The first-order valence-corrected chi connectivity index (χ1v) is 8.34. The van der Waals surface area contributed by atoms with E-state index in [1.165, 1.54) is 10.4 Å². The number of hydrogen-bond acceptors (Lipinski definition) is 3. The molecule has 110 valence electrons. The molecule has 0 fully saturated rings. The highest BCUT2D eigenvalue weighted by Crippen LogP contribution is 2.32. The number of halogens is 1. The van der Waals surface area contributed by atoms with Crippen molar-refractivity contribution in [3.8, 4) is 0 Å². The van der Waals surface area contributed by atoms with Crippen LogP contribution in [-0.2, 0) is 23.1 Å². The molecule has 0 saturated heterocycles. The number of nitrogen functional groups attached to an aromatic ring is 1. The zero-order chi connectivity index (χ0) is 15.2. The molecule has 0 amide bonds. The molecule has 1 aliphatic heterocycles. The van der Waals surface area contributed by atoms with Crippen LogP contribution in [0.25, 0.3) is 0 Å². The third-order valence-electron chi connectivity index (χ3n) is 3.72. The van der Waals surface area contributed by atoms with Crippen molar-refractivity contribution < 1.29 is 8.42 Å². The topological polar surface area (TPSA) is 63.4 Å². The van der Waals surface area contributed by atoms with Gasteiger partial charge >= 0.3 is 0 Å². The average molecular weight is 323 g/mol. The van der Waals surface area contributed by atoms with E-state index in [-0.39, 0.29) is 10.6 Å². The van der Waals surface area contributed by atoms with Gasteiger partial charge in [-0.2, -0.15) is 4.31 Å². The molecule has 0 unspecified atom stereocenters. The van der Waals surface area contributed by atoms with Crippen LogP contribution in [0, 0.1) is 6.92 Å². The van der Waals surface area contributed by atoms with Crippen molar-refractivity contribution in [3.63, 3.8) is 0 Å². The molecular formula is C15H15ClN2O2S. The van der Waals surface area contributed by atoms with E-state index in [1.807, 2.05) is 24.3 Å². The molecule has 0 spiro atoms. The maximum atomic E-state index is 12.8. The predicted molar refractivity (Wildman–Crippen MR) is 83.5 cm³/mol. The van der Waals surface area contributed by atoms with Gasteiger partial charge in [0.15, 0.2) is 0 Å². The molecule has 0 radical (unpaired) electrons. The van der Waals surface area contributed by atoms with Gasteiger partial charge in [-0.1, -0.05) is 35.9 Å². The molecule has 2 aromatic carbocycles. The van der Waals surface area contributed by atoms with Gasteiger partial charge in [0.05, 0.1) is 15.6 Å². The Morgan fingerprint density at radius 2 is 1.71 bits per heavy atom. The molecule has 2 aromatic rings. The lowest BCUT2D eigenvalue weighted by Gasteiger charge is -2.18. The summed E-state index contributed by atoms with van der Waals surface area (Å²) in [4.78, 5) is 0.220. The number of benzene rings is 2. The molecule has 6 heteroatoms. The summed E-state index contributed by atoms with van der Waals surface area (Å²) in [6, 6.07) is 10.8. The molecular weight excluding hydrogens is 308 g/mol. The van der Waals surface area contributed by atoms with Crippen LogP contribution in [0.2, 0.25) is 5.02 Å². The van der Waals surface area contributed by atoms with Gasteiger partial charge in [-0.05, 0) is 35.7 Å². The number of sulfonamides is 1. The Morgan fingerprint density at radius 1 is 1.14 bits per heavy atom. The highest BCUT2D eigenvalue weighted by Gasteiger charge is 2.31. The Balaban J connectivity index is 2.02. The lowest BCUT2D eigenvalue weighted by atomic mass is 10.1. The van der Waals surface area contributed by atoms with Gasteiger partial charge in [-0.15, -0.1) is 0 Å². The van der Waals surface area contributed by atoms with Crippen LogP contribution in [0.5, 0.6) is 0 Å². The number of fused-ring (bicyclic) bond motifs is 1. The molecule has 4 nitrogen and oxygen atoms in total. The second-order valence-corrected chi connectivity index (χ2v) is 7.49. The van der Waals surface area contributed by atoms with Crippen LogP contribution in [0.4, 0.5) is 5.69 Å². The maximum absolute atomic E-state index is 12.8. The number of rotatable bonds is 2. The van der Waals surface area contributed by atoms with Crippen LogP contribution in [-0.4, -0.2) is 12.7 Å². The number of aryl methyl sites for hydroxylation is 1. The van der Waals surface area contributed by atoms with Crippen molar-refractivity contribution >= 4 is 27.3 Å². The van der Waals surface area contributed by atoms with Gasteiger partial charge in [0.25, 0.3) is 0 Å². The first-order valence-electron chi connectivity index (χ1n) is 6.52. The Hall–Kier alpha value is -1.56. The molecule has 0 bridgehead atoms. The van der Waals surface area contributed by atoms with Crippen LogP contribution in [0.15, 0.2) is 41.3 Å². The number of anilines is 1. The van der Waals surface area contributed by atoms with Crippen molar-refractivity contribution in [2.45, 2.75) is 24.9 Å². The van der Waals surface area contributed by atoms with Crippen LogP contribution < -0.4 is 5.73 Å². The van der Waals surface area contributed by atoms with Crippen molar-refractivity contribution in [1.82, 2.24) is 4.31 Å². The van der Waals surface area contributed by atoms with E-state index < -0.39 is 10.0 Å². The van der Waals surface area contributed by atoms with Crippen molar-refractivity contribution in [3.05, 3.63) is 58.1 Å². The number of nitrogens with two attached hydrogens (primary N) is 1. The predicted octanol–water partition coefficient (Wildman–Crippen LogP) is 2.94. The fraction of sp³-hybridized carbons (Fsp3) is 0.200. The standard InChI is InChI=1S/C15H15ClN2O2S/c1-10-6-13(16)14(17)7-15(10)21(19,20)18-8-11-4-2-3-5-12(11)9-18/h2-7H,8-9,17H2,1H3. The van der Waals surface area contributed by atoms with E-state index in [0.717, 1.165) is 11.1 Å². The van der Waals surface area contributed by atoms with Crippen molar-refractivity contribution in [1.29, 1.82) is 0 Å². The molecule has 0 aliphatic carbocycles. The summed E-state index contributed by atoms with van der Waals surface area (Å²) in [7, 11) is -3.58. The van der Waals surface area contributed by atoms with E-state index >= 15 is 0 Å². The quantitative estimate of drug-likeness (QED) is 0.865. The maximum Gasteiger partial charge on any atom is 0.244 e. The largest absolute Gasteiger partial charge is 0.397 e. The normalized spacial score (nSPS) is 15.1. The number of hydrogen-bond donors (Lipinski definition) is 1. The minimum Gasteiger partial charge on any atom is -0.397 e. The van der Waals surface area contributed by atoms with Gasteiger partial charge in [0, 0.05) is 13.1 Å². The van der Waals surface area contributed by atoms with E-state index in [2.05, 4.69) is 0 Å². The molecule has 21 heavy (non-hydrogen) atoms. The van der Waals surface area contributed by atoms with E-state index in [9.17, 15) is 8.42 Å². The Labute approximate surface area is 129 Å². The lowest BCUT2D eigenvalue weighted by Crippen LogP contribution is -2.26. The Kier molecular flexibility index (Phi) is 3.43. The summed E-state index contributed by atoms with van der Waals surface area (Å²) in [6.45, 7) is 2.50. The van der Waals surface area contributed by atoms with Gasteiger partial charge in [0.2, 0.25) is 10.0 Å². The fourth-order valence-electron chi connectivity index (χ4n) is 2.56. The summed E-state index contributed by atoms with van der Waals surface area (Å²) in [5.41, 5.74) is 8.72. The molecule has 0 aromatic heterocycles. The first kappa shape index (κ1) is 14.4. The lowest BCUT2D eigenvalue weighted by molar-refractivity contribution is 0.431. The minimum absolute atomic E-state index is 0.220. The van der Waals surface area contributed by atoms with Crippen molar-refractivity contribution in [2.24, 2.45) is 0 Å². The molecule has 0 saturated carbocycles. The van der Waals surface area contributed by atoms with E-state index in [4.69, 9.17) is 17.3 Å². The summed E-state index contributed by atoms with van der Waals surface area (Å²) >= 11 is 5.94. The van der Waals surface area contributed by atoms with Gasteiger partial charge in [0.1, 0.15) is 0 Å². The Bertz CT molecular complexity index is 793. The fourth-order valence-corrected chi connectivity index (χ4v) is 4.41. The zero-order valence-electron chi connectivity index (χ0n) is 11.5. The monoisotopic (exact) mass is 322 g/mol. The third-order valence-corrected chi connectivity index (χ3v) is 5.98. The molecule has 1 aliphatic rings. The number of nitrogens with zero attached hydrogens (tertiary/aromatic N) is 1. The summed E-state index contributed by atoms with van der Waals surface area (Å²) in [5, 5.41) is 0.371. The zero-order valence-corrected chi connectivity index (χ0v) is 13.1.